The van der Waals surface area contributed by atoms with Crippen LogP contribution in [0.15, 0.2) is 30.3 Å². The van der Waals surface area contributed by atoms with E-state index in [1.165, 1.54) is 0 Å². The van der Waals surface area contributed by atoms with E-state index in [0.29, 0.717) is 6.61 Å². The standard InChI is InChI=1S/C13H18O2/c1-4-14-13(12(2,3)10-15-13)11-8-6-5-7-9-11/h5-9H,4,10H2,1-3H3. The average molecular weight is 206 g/mol. The van der Waals surface area contributed by atoms with Crippen LogP contribution in [0.25, 0.3) is 0 Å². The smallest absolute Gasteiger partial charge is 0.202 e. The second kappa shape index (κ2) is 3.62. The van der Waals surface area contributed by atoms with Crippen molar-refractivity contribution in [1.82, 2.24) is 0 Å². The molecule has 0 aromatic heterocycles. The Morgan fingerprint density at radius 3 is 2.33 bits per heavy atom. The molecule has 1 unspecified atom stereocenters. The van der Waals surface area contributed by atoms with E-state index in [1.54, 1.807) is 0 Å². The molecule has 15 heavy (non-hydrogen) atoms. The molecule has 0 saturated carbocycles. The zero-order chi connectivity index (χ0) is 10.9. The summed E-state index contributed by atoms with van der Waals surface area (Å²) in [6, 6.07) is 10.2. The molecular weight excluding hydrogens is 188 g/mol. The van der Waals surface area contributed by atoms with Gasteiger partial charge in [-0.2, -0.15) is 0 Å². The minimum absolute atomic E-state index is 0.0460. The summed E-state index contributed by atoms with van der Waals surface area (Å²) in [6.07, 6.45) is 0. The Morgan fingerprint density at radius 1 is 1.27 bits per heavy atom. The maximum Gasteiger partial charge on any atom is 0.202 e. The number of rotatable bonds is 3. The monoisotopic (exact) mass is 206 g/mol. The normalized spacial score (nSPS) is 28.5. The minimum atomic E-state index is -0.539. The predicted molar refractivity (Wildman–Crippen MR) is 59.5 cm³/mol. The van der Waals surface area contributed by atoms with Gasteiger partial charge >= 0.3 is 0 Å². The predicted octanol–water partition coefficient (Wildman–Crippen LogP) is 2.93. The molecule has 0 radical (unpaired) electrons. The summed E-state index contributed by atoms with van der Waals surface area (Å²) in [6.45, 7) is 7.78. The van der Waals surface area contributed by atoms with Crippen LogP contribution < -0.4 is 0 Å². The molecule has 0 bridgehead atoms. The van der Waals surface area contributed by atoms with E-state index >= 15 is 0 Å². The summed E-state index contributed by atoms with van der Waals surface area (Å²) in [5.74, 6) is -0.539. The van der Waals surface area contributed by atoms with Gasteiger partial charge in [0.15, 0.2) is 0 Å². The van der Waals surface area contributed by atoms with Crippen LogP contribution in [0.4, 0.5) is 0 Å². The van der Waals surface area contributed by atoms with Gasteiger partial charge in [-0.05, 0) is 6.92 Å². The number of hydrogen-bond acceptors (Lipinski definition) is 2. The third kappa shape index (κ3) is 1.48. The molecular formula is C13H18O2. The lowest BCUT2D eigenvalue weighted by Gasteiger charge is -2.54. The molecule has 1 aliphatic rings. The molecule has 1 aromatic carbocycles. The lowest BCUT2D eigenvalue weighted by Crippen LogP contribution is -2.59. The molecule has 0 amide bonds. The Labute approximate surface area is 91.2 Å². The van der Waals surface area contributed by atoms with E-state index in [9.17, 15) is 0 Å². The molecule has 1 saturated heterocycles. The zero-order valence-corrected chi connectivity index (χ0v) is 9.62. The van der Waals surface area contributed by atoms with E-state index in [1.807, 2.05) is 25.1 Å². The second-order valence-corrected chi connectivity index (χ2v) is 4.59. The molecule has 1 atom stereocenters. The highest BCUT2D eigenvalue weighted by Crippen LogP contribution is 2.52. The van der Waals surface area contributed by atoms with Crippen LogP contribution in [0.5, 0.6) is 0 Å². The Morgan fingerprint density at radius 2 is 1.93 bits per heavy atom. The first-order chi connectivity index (χ1) is 7.12. The first-order valence-electron chi connectivity index (χ1n) is 5.46. The molecule has 2 heteroatoms. The summed E-state index contributed by atoms with van der Waals surface area (Å²) in [5.41, 5.74) is 1.16. The third-order valence-electron chi connectivity index (χ3n) is 3.03. The Balaban J connectivity index is 2.37. The van der Waals surface area contributed by atoms with Crippen LogP contribution in [0.3, 0.4) is 0 Å². The van der Waals surface area contributed by atoms with Crippen molar-refractivity contribution < 1.29 is 9.47 Å². The van der Waals surface area contributed by atoms with Crippen LogP contribution in [-0.4, -0.2) is 13.2 Å². The van der Waals surface area contributed by atoms with Gasteiger partial charge in [0.2, 0.25) is 5.79 Å². The van der Waals surface area contributed by atoms with E-state index < -0.39 is 5.79 Å². The van der Waals surface area contributed by atoms with Crippen LogP contribution in [-0.2, 0) is 15.3 Å². The van der Waals surface area contributed by atoms with E-state index in [4.69, 9.17) is 9.47 Å². The van der Waals surface area contributed by atoms with Crippen molar-refractivity contribution in [2.75, 3.05) is 13.2 Å². The molecule has 0 aliphatic carbocycles. The Kier molecular flexibility index (Phi) is 2.57. The molecule has 0 N–H and O–H groups in total. The average Bonchev–Trinajstić information content (AvgIpc) is 2.25. The number of ether oxygens (including phenoxy) is 2. The van der Waals surface area contributed by atoms with Crippen LogP contribution in [0.1, 0.15) is 26.3 Å². The quantitative estimate of drug-likeness (QED) is 0.757. The molecule has 0 spiro atoms. The SMILES string of the molecule is CCOC1(c2ccccc2)OCC1(C)C. The van der Waals surface area contributed by atoms with E-state index in [2.05, 4.69) is 26.0 Å². The fourth-order valence-corrected chi connectivity index (χ4v) is 2.15. The summed E-state index contributed by atoms with van der Waals surface area (Å²) < 4.78 is 11.6. The number of benzene rings is 1. The largest absolute Gasteiger partial charge is 0.346 e. The van der Waals surface area contributed by atoms with Gasteiger partial charge in [-0.1, -0.05) is 44.2 Å². The van der Waals surface area contributed by atoms with Crippen LogP contribution in [0.2, 0.25) is 0 Å². The Bertz CT molecular complexity index is 332. The highest BCUT2D eigenvalue weighted by Gasteiger charge is 2.57. The fourth-order valence-electron chi connectivity index (χ4n) is 2.15. The van der Waals surface area contributed by atoms with Gasteiger partial charge in [-0.15, -0.1) is 0 Å². The third-order valence-corrected chi connectivity index (χ3v) is 3.03. The lowest BCUT2D eigenvalue weighted by molar-refractivity contribution is -0.393. The van der Waals surface area contributed by atoms with Gasteiger partial charge in [0, 0.05) is 17.6 Å². The summed E-state index contributed by atoms with van der Waals surface area (Å²) in [5, 5.41) is 0. The fraction of sp³-hybridized carbons (Fsp3) is 0.538. The van der Waals surface area contributed by atoms with Crippen molar-refractivity contribution in [2.45, 2.75) is 26.6 Å². The number of hydrogen-bond donors (Lipinski definition) is 0. The van der Waals surface area contributed by atoms with Gasteiger partial charge < -0.3 is 9.47 Å². The first kappa shape index (κ1) is 10.7. The molecule has 1 aromatic rings. The molecule has 1 fully saturated rings. The molecule has 1 aliphatic heterocycles. The van der Waals surface area contributed by atoms with Crippen molar-refractivity contribution in [2.24, 2.45) is 5.41 Å². The van der Waals surface area contributed by atoms with E-state index in [-0.39, 0.29) is 5.41 Å². The highest BCUT2D eigenvalue weighted by molar-refractivity contribution is 5.25. The zero-order valence-electron chi connectivity index (χ0n) is 9.62. The summed E-state index contributed by atoms with van der Waals surface area (Å²) in [7, 11) is 0. The second-order valence-electron chi connectivity index (χ2n) is 4.59. The van der Waals surface area contributed by atoms with Gasteiger partial charge in [0.05, 0.1) is 6.61 Å². The van der Waals surface area contributed by atoms with Crippen molar-refractivity contribution in [1.29, 1.82) is 0 Å². The first-order valence-corrected chi connectivity index (χ1v) is 5.46. The maximum absolute atomic E-state index is 5.84. The van der Waals surface area contributed by atoms with Gasteiger partial charge in [0.1, 0.15) is 0 Å². The topological polar surface area (TPSA) is 18.5 Å². The lowest BCUT2D eigenvalue weighted by atomic mass is 9.75. The molecule has 1 heterocycles. The van der Waals surface area contributed by atoms with E-state index in [0.717, 1.165) is 12.2 Å². The van der Waals surface area contributed by atoms with Crippen molar-refractivity contribution in [3.8, 4) is 0 Å². The van der Waals surface area contributed by atoms with Crippen LogP contribution >= 0.6 is 0 Å². The van der Waals surface area contributed by atoms with Crippen LogP contribution in [0, 0.1) is 5.41 Å². The highest BCUT2D eigenvalue weighted by atomic mass is 16.7. The van der Waals surface area contributed by atoms with Gasteiger partial charge in [-0.3, -0.25) is 0 Å². The van der Waals surface area contributed by atoms with Gasteiger partial charge in [0.25, 0.3) is 0 Å². The molecule has 2 rings (SSSR count). The van der Waals surface area contributed by atoms with Gasteiger partial charge in [-0.25, -0.2) is 0 Å². The summed E-state index contributed by atoms with van der Waals surface area (Å²) in [4.78, 5) is 0. The maximum atomic E-state index is 5.84. The summed E-state index contributed by atoms with van der Waals surface area (Å²) >= 11 is 0. The van der Waals surface area contributed by atoms with Crippen molar-refractivity contribution in [3.63, 3.8) is 0 Å². The minimum Gasteiger partial charge on any atom is -0.346 e. The molecule has 82 valence electrons. The Hall–Kier alpha value is -0.860. The molecule has 2 nitrogen and oxygen atoms in total. The van der Waals surface area contributed by atoms with Crippen molar-refractivity contribution in [3.05, 3.63) is 35.9 Å². The van der Waals surface area contributed by atoms with Crippen molar-refractivity contribution >= 4 is 0 Å².